The Bertz CT molecular complexity index is 963. The second-order valence-corrected chi connectivity index (χ2v) is 10.5. The number of rotatable bonds is 6. The van der Waals surface area contributed by atoms with Crippen LogP contribution >= 0.6 is 11.3 Å². The Kier molecular flexibility index (Phi) is 7.12. The number of likely N-dealkylation sites (tertiary alicyclic amines) is 1. The number of anilines is 1. The standard InChI is InChI=1S/C25H34N6O2S/c1-28-19(7-8-23(32)30-14-12-29(13-15-30)22-6-2-3-10-26-22)17-27-25(33)24-21(28)9-11-31(24)18-20-5-4-16-34-20/h2-6,10,16,19,21,24H,7-9,11-15,17-18H2,1H3,(H,27,33). The summed E-state index contributed by atoms with van der Waals surface area (Å²) in [7, 11) is 2.13. The third-order valence-corrected chi connectivity index (χ3v) is 8.45. The molecule has 34 heavy (non-hydrogen) atoms. The third kappa shape index (κ3) is 4.96. The van der Waals surface area contributed by atoms with Gasteiger partial charge < -0.3 is 15.1 Å². The molecule has 0 aromatic carbocycles. The Balaban J connectivity index is 1.13. The molecule has 2 amide bonds. The van der Waals surface area contributed by atoms with E-state index in [9.17, 15) is 9.59 Å². The van der Waals surface area contributed by atoms with Crippen molar-refractivity contribution in [3.05, 3.63) is 46.8 Å². The number of fused-ring (bicyclic) bond motifs is 1. The van der Waals surface area contributed by atoms with Crippen molar-refractivity contribution in [3.8, 4) is 0 Å². The summed E-state index contributed by atoms with van der Waals surface area (Å²) in [5, 5.41) is 5.27. The number of likely N-dealkylation sites (N-methyl/N-ethyl adjacent to an activating group) is 1. The van der Waals surface area contributed by atoms with E-state index >= 15 is 0 Å². The van der Waals surface area contributed by atoms with E-state index in [1.807, 2.05) is 29.3 Å². The molecule has 0 aliphatic carbocycles. The highest BCUT2D eigenvalue weighted by Crippen LogP contribution is 2.29. The highest BCUT2D eigenvalue weighted by molar-refractivity contribution is 7.09. The molecule has 3 unspecified atom stereocenters. The van der Waals surface area contributed by atoms with Gasteiger partial charge in [-0.2, -0.15) is 0 Å². The second kappa shape index (κ2) is 10.4. The van der Waals surface area contributed by atoms with Crippen LogP contribution in [0.1, 0.15) is 24.1 Å². The highest BCUT2D eigenvalue weighted by Gasteiger charge is 2.45. The number of pyridine rings is 1. The Labute approximate surface area is 205 Å². The maximum Gasteiger partial charge on any atom is 0.239 e. The predicted molar refractivity (Wildman–Crippen MR) is 134 cm³/mol. The summed E-state index contributed by atoms with van der Waals surface area (Å²) in [5.74, 6) is 1.32. The molecule has 2 aromatic rings. The number of thiophene rings is 1. The van der Waals surface area contributed by atoms with Crippen LogP contribution in [0, 0.1) is 0 Å². The number of hydrogen-bond donors (Lipinski definition) is 1. The van der Waals surface area contributed by atoms with Crippen LogP contribution in [0.25, 0.3) is 0 Å². The van der Waals surface area contributed by atoms with Gasteiger partial charge in [-0.1, -0.05) is 12.1 Å². The van der Waals surface area contributed by atoms with E-state index in [1.54, 1.807) is 11.3 Å². The SMILES string of the molecule is CN1C(CCC(=O)N2CCN(c3ccccn3)CC2)CNC(=O)C2C1CCN2Cc1cccs1. The third-order valence-electron chi connectivity index (χ3n) is 7.59. The summed E-state index contributed by atoms with van der Waals surface area (Å²) in [6.45, 7) is 5.45. The van der Waals surface area contributed by atoms with E-state index in [2.05, 4.69) is 49.6 Å². The molecule has 182 valence electrons. The van der Waals surface area contributed by atoms with Gasteiger partial charge in [-0.05, 0) is 43.5 Å². The van der Waals surface area contributed by atoms with Crippen molar-refractivity contribution < 1.29 is 9.59 Å². The number of amides is 2. The normalized spacial score (nSPS) is 26.3. The minimum absolute atomic E-state index is 0.118. The van der Waals surface area contributed by atoms with Gasteiger partial charge >= 0.3 is 0 Å². The summed E-state index contributed by atoms with van der Waals surface area (Å²) >= 11 is 1.74. The molecule has 3 saturated heterocycles. The van der Waals surface area contributed by atoms with E-state index in [4.69, 9.17) is 0 Å². The fourth-order valence-corrected chi connectivity index (χ4v) is 6.33. The first-order valence-electron chi connectivity index (χ1n) is 12.3. The smallest absolute Gasteiger partial charge is 0.239 e. The quantitative estimate of drug-likeness (QED) is 0.675. The largest absolute Gasteiger partial charge is 0.353 e. The minimum Gasteiger partial charge on any atom is -0.353 e. The van der Waals surface area contributed by atoms with Crippen LogP contribution in [0.15, 0.2) is 41.9 Å². The average Bonchev–Trinajstić information content (AvgIpc) is 3.52. The second-order valence-electron chi connectivity index (χ2n) is 9.51. The number of hydrogen-bond acceptors (Lipinski definition) is 7. The Morgan fingerprint density at radius 1 is 1.15 bits per heavy atom. The molecule has 5 heterocycles. The lowest BCUT2D eigenvalue weighted by atomic mass is 10.0. The van der Waals surface area contributed by atoms with Gasteiger partial charge in [0.2, 0.25) is 11.8 Å². The summed E-state index contributed by atoms with van der Waals surface area (Å²) in [5.41, 5.74) is 0. The number of carbonyl (C=O) groups is 2. The maximum absolute atomic E-state index is 13.0. The van der Waals surface area contributed by atoms with Gasteiger partial charge in [0.25, 0.3) is 0 Å². The first-order valence-corrected chi connectivity index (χ1v) is 13.2. The lowest BCUT2D eigenvalue weighted by Gasteiger charge is -2.36. The van der Waals surface area contributed by atoms with E-state index in [0.717, 1.165) is 57.9 Å². The van der Waals surface area contributed by atoms with Gasteiger partial charge in [-0.15, -0.1) is 11.3 Å². The average molecular weight is 483 g/mol. The van der Waals surface area contributed by atoms with Crippen LogP contribution in [0.4, 0.5) is 5.82 Å². The zero-order valence-electron chi connectivity index (χ0n) is 19.8. The molecule has 0 spiro atoms. The molecule has 8 nitrogen and oxygen atoms in total. The lowest BCUT2D eigenvalue weighted by Crippen LogP contribution is -2.50. The van der Waals surface area contributed by atoms with Crippen molar-refractivity contribution in [2.45, 2.75) is 43.9 Å². The number of piperazine rings is 1. The van der Waals surface area contributed by atoms with Crippen molar-refractivity contribution >= 4 is 29.0 Å². The van der Waals surface area contributed by atoms with Crippen LogP contribution in [0.3, 0.4) is 0 Å². The molecule has 1 N–H and O–H groups in total. The molecule has 9 heteroatoms. The number of nitrogens with zero attached hydrogens (tertiary/aromatic N) is 5. The molecular weight excluding hydrogens is 448 g/mol. The Hall–Kier alpha value is -2.49. The number of nitrogens with one attached hydrogen (secondary N) is 1. The van der Waals surface area contributed by atoms with Gasteiger partial charge in [0.05, 0.1) is 0 Å². The topological polar surface area (TPSA) is 72.0 Å². The Morgan fingerprint density at radius 2 is 2.00 bits per heavy atom. The van der Waals surface area contributed by atoms with Crippen LogP contribution in [-0.2, 0) is 16.1 Å². The van der Waals surface area contributed by atoms with Gasteiger partial charge in [-0.3, -0.25) is 19.4 Å². The zero-order valence-corrected chi connectivity index (χ0v) is 20.6. The number of aromatic nitrogens is 1. The molecule has 2 aromatic heterocycles. The lowest BCUT2D eigenvalue weighted by molar-refractivity contribution is -0.132. The van der Waals surface area contributed by atoms with Crippen LogP contribution in [-0.4, -0.2) is 95.9 Å². The van der Waals surface area contributed by atoms with Gasteiger partial charge in [0.1, 0.15) is 11.9 Å². The van der Waals surface area contributed by atoms with Crippen molar-refractivity contribution in [1.82, 2.24) is 25.0 Å². The number of carbonyl (C=O) groups excluding carboxylic acids is 2. The van der Waals surface area contributed by atoms with Gasteiger partial charge in [-0.25, -0.2) is 4.98 Å². The molecule has 3 aliphatic rings. The van der Waals surface area contributed by atoms with Gasteiger partial charge in [0, 0.05) is 75.4 Å². The molecular formula is C25H34N6O2S. The van der Waals surface area contributed by atoms with Crippen LogP contribution in [0.5, 0.6) is 0 Å². The summed E-state index contributed by atoms with van der Waals surface area (Å²) in [4.78, 5) is 40.6. The van der Waals surface area contributed by atoms with E-state index in [0.29, 0.717) is 13.0 Å². The Morgan fingerprint density at radius 3 is 2.74 bits per heavy atom. The van der Waals surface area contributed by atoms with Crippen molar-refractivity contribution in [2.75, 3.05) is 51.2 Å². The molecule has 0 bridgehead atoms. The molecule has 0 radical (unpaired) electrons. The molecule has 3 aliphatic heterocycles. The van der Waals surface area contributed by atoms with Crippen molar-refractivity contribution in [2.24, 2.45) is 0 Å². The van der Waals surface area contributed by atoms with Crippen molar-refractivity contribution in [3.63, 3.8) is 0 Å². The maximum atomic E-state index is 13.0. The van der Waals surface area contributed by atoms with E-state index in [1.165, 1.54) is 4.88 Å². The fourth-order valence-electron chi connectivity index (χ4n) is 5.60. The zero-order chi connectivity index (χ0) is 23.5. The molecule has 0 saturated carbocycles. The summed E-state index contributed by atoms with van der Waals surface area (Å²) in [6, 6.07) is 10.4. The minimum atomic E-state index is -0.118. The first-order chi connectivity index (χ1) is 16.6. The summed E-state index contributed by atoms with van der Waals surface area (Å²) in [6.07, 6.45) is 4.08. The van der Waals surface area contributed by atoms with Gasteiger partial charge in [0.15, 0.2) is 0 Å². The fraction of sp³-hybridized carbons (Fsp3) is 0.560. The molecule has 5 rings (SSSR count). The summed E-state index contributed by atoms with van der Waals surface area (Å²) < 4.78 is 0. The highest BCUT2D eigenvalue weighted by atomic mass is 32.1. The molecule has 3 fully saturated rings. The van der Waals surface area contributed by atoms with E-state index in [-0.39, 0.29) is 29.9 Å². The molecule has 3 atom stereocenters. The van der Waals surface area contributed by atoms with Crippen LogP contribution in [0.2, 0.25) is 0 Å². The van der Waals surface area contributed by atoms with Crippen LogP contribution < -0.4 is 10.2 Å². The van der Waals surface area contributed by atoms with Crippen molar-refractivity contribution in [1.29, 1.82) is 0 Å². The van der Waals surface area contributed by atoms with E-state index < -0.39 is 0 Å². The first kappa shape index (κ1) is 23.3. The predicted octanol–water partition coefficient (Wildman–Crippen LogP) is 1.65. The monoisotopic (exact) mass is 482 g/mol.